The van der Waals surface area contributed by atoms with Crippen LogP contribution < -0.4 is 11.1 Å². The Labute approximate surface area is 122 Å². The topological polar surface area (TPSA) is 130 Å². The van der Waals surface area contributed by atoms with Gasteiger partial charge in [0.2, 0.25) is 0 Å². The van der Waals surface area contributed by atoms with Gasteiger partial charge in [0.05, 0.1) is 16.0 Å². The Balaban J connectivity index is 2.72. The van der Waals surface area contributed by atoms with Crippen molar-refractivity contribution < 1.29 is 9.85 Å². The summed E-state index contributed by atoms with van der Waals surface area (Å²) in [4.78, 5) is 43.8. The van der Waals surface area contributed by atoms with Crippen molar-refractivity contribution in [2.75, 3.05) is 0 Å². The molecule has 0 amide bonds. The quantitative estimate of drug-likeness (QED) is 0.609. The third-order valence-electron chi connectivity index (χ3n) is 3.07. The van der Waals surface area contributed by atoms with Gasteiger partial charge in [-0.3, -0.25) is 39.0 Å². The predicted molar refractivity (Wildman–Crippen MR) is 74.8 cm³/mol. The lowest BCUT2D eigenvalue weighted by Gasteiger charge is -2.17. The van der Waals surface area contributed by atoms with Crippen LogP contribution in [-0.2, 0) is 0 Å². The SMILES string of the molecule is CC(n1ccccc1=O)n1cc([N+](=O)[O-])cc([N+](=O)[O-])c1=O. The van der Waals surface area contributed by atoms with E-state index in [1.807, 2.05) is 0 Å². The van der Waals surface area contributed by atoms with E-state index < -0.39 is 38.5 Å². The van der Waals surface area contributed by atoms with Crippen LogP contribution in [0.25, 0.3) is 0 Å². The molecule has 2 aromatic rings. The molecule has 1 unspecified atom stereocenters. The fourth-order valence-corrected chi connectivity index (χ4v) is 1.96. The van der Waals surface area contributed by atoms with Crippen molar-refractivity contribution in [3.63, 3.8) is 0 Å². The number of nitrogens with zero attached hydrogens (tertiary/aromatic N) is 4. The van der Waals surface area contributed by atoms with E-state index in [1.54, 1.807) is 0 Å². The largest absolute Gasteiger partial charge is 0.341 e. The summed E-state index contributed by atoms with van der Waals surface area (Å²) >= 11 is 0. The Morgan fingerprint density at radius 2 is 1.77 bits per heavy atom. The van der Waals surface area contributed by atoms with Crippen molar-refractivity contribution in [1.82, 2.24) is 9.13 Å². The molecule has 2 rings (SSSR count). The summed E-state index contributed by atoms with van der Waals surface area (Å²) in [5.41, 5.74) is -3.01. The van der Waals surface area contributed by atoms with Gasteiger partial charge in [0.1, 0.15) is 12.2 Å². The number of hydrogen-bond donors (Lipinski definition) is 0. The molecular formula is C12H10N4O6. The van der Waals surface area contributed by atoms with Gasteiger partial charge in [-0.2, -0.15) is 0 Å². The summed E-state index contributed by atoms with van der Waals surface area (Å²) in [5.74, 6) is 0. The molecule has 0 aromatic carbocycles. The molecule has 22 heavy (non-hydrogen) atoms. The summed E-state index contributed by atoms with van der Waals surface area (Å²) in [7, 11) is 0. The van der Waals surface area contributed by atoms with E-state index in [0.29, 0.717) is 6.07 Å². The molecule has 0 aliphatic heterocycles. The Kier molecular flexibility index (Phi) is 3.84. The maximum absolute atomic E-state index is 12.1. The van der Waals surface area contributed by atoms with Gasteiger partial charge in [-0.25, -0.2) is 0 Å². The summed E-state index contributed by atoms with van der Waals surface area (Å²) in [6.07, 6.45) is 1.29. The van der Waals surface area contributed by atoms with Crippen molar-refractivity contribution >= 4 is 11.4 Å². The Morgan fingerprint density at radius 1 is 1.09 bits per heavy atom. The van der Waals surface area contributed by atoms with Crippen molar-refractivity contribution in [2.24, 2.45) is 0 Å². The average molecular weight is 306 g/mol. The smallest absolute Gasteiger partial charge is 0.294 e. The highest BCUT2D eigenvalue weighted by molar-refractivity contribution is 5.39. The molecule has 10 heteroatoms. The molecule has 0 aliphatic rings. The molecule has 2 heterocycles. The minimum Gasteiger partial charge on any atom is -0.294 e. The Hall–Kier alpha value is -3.30. The van der Waals surface area contributed by atoms with Crippen molar-refractivity contribution in [3.05, 3.63) is 77.6 Å². The van der Waals surface area contributed by atoms with E-state index in [4.69, 9.17) is 0 Å². The standard InChI is InChI=1S/C12H10N4O6/c1-8(13-5-3-2-4-11(13)17)14-7-9(15(19)20)6-10(12(14)18)16(21)22/h2-8H,1H3. The lowest BCUT2D eigenvalue weighted by Crippen LogP contribution is -2.33. The van der Waals surface area contributed by atoms with Crippen LogP contribution in [0.15, 0.2) is 46.2 Å². The van der Waals surface area contributed by atoms with Crippen molar-refractivity contribution in [1.29, 1.82) is 0 Å². The van der Waals surface area contributed by atoms with Gasteiger partial charge < -0.3 is 0 Å². The summed E-state index contributed by atoms with van der Waals surface area (Å²) in [6.45, 7) is 1.43. The Morgan fingerprint density at radius 3 is 2.32 bits per heavy atom. The molecule has 2 aromatic heterocycles. The monoisotopic (exact) mass is 306 g/mol. The molecular weight excluding hydrogens is 296 g/mol. The first-order chi connectivity index (χ1) is 10.3. The zero-order chi connectivity index (χ0) is 16.4. The Bertz CT molecular complexity index is 868. The van der Waals surface area contributed by atoms with Crippen LogP contribution >= 0.6 is 0 Å². The number of rotatable bonds is 4. The lowest BCUT2D eigenvalue weighted by molar-refractivity contribution is -0.395. The van der Waals surface area contributed by atoms with Crippen molar-refractivity contribution in [3.8, 4) is 0 Å². The second-order valence-electron chi connectivity index (χ2n) is 4.39. The zero-order valence-corrected chi connectivity index (χ0v) is 11.3. The number of nitro groups is 2. The fourth-order valence-electron chi connectivity index (χ4n) is 1.96. The van der Waals surface area contributed by atoms with Crippen LogP contribution in [0.4, 0.5) is 11.4 Å². The average Bonchev–Trinajstić information content (AvgIpc) is 2.46. The first-order valence-electron chi connectivity index (χ1n) is 6.05. The summed E-state index contributed by atoms with van der Waals surface area (Å²) in [6, 6.07) is 4.87. The molecule has 0 N–H and O–H groups in total. The van der Waals surface area contributed by atoms with Crippen molar-refractivity contribution in [2.45, 2.75) is 13.1 Å². The molecule has 0 radical (unpaired) electrons. The summed E-state index contributed by atoms with van der Waals surface area (Å²) in [5, 5.41) is 21.7. The van der Waals surface area contributed by atoms with E-state index >= 15 is 0 Å². The van der Waals surface area contributed by atoms with E-state index in [1.165, 1.54) is 31.3 Å². The highest BCUT2D eigenvalue weighted by Gasteiger charge is 2.24. The van der Waals surface area contributed by atoms with Gasteiger partial charge in [0, 0.05) is 12.3 Å². The van der Waals surface area contributed by atoms with Gasteiger partial charge in [-0.05, 0) is 13.0 Å². The van der Waals surface area contributed by atoms with Gasteiger partial charge in [0.25, 0.3) is 11.2 Å². The van der Waals surface area contributed by atoms with Gasteiger partial charge in [0.15, 0.2) is 0 Å². The zero-order valence-electron chi connectivity index (χ0n) is 11.3. The van der Waals surface area contributed by atoms with Crippen LogP contribution in [0.3, 0.4) is 0 Å². The minimum atomic E-state index is -1.03. The van der Waals surface area contributed by atoms with E-state index in [-0.39, 0.29) is 0 Å². The van der Waals surface area contributed by atoms with Crippen LogP contribution in [0.2, 0.25) is 0 Å². The number of hydrogen-bond acceptors (Lipinski definition) is 6. The third-order valence-corrected chi connectivity index (χ3v) is 3.07. The molecule has 0 saturated heterocycles. The van der Waals surface area contributed by atoms with E-state index in [9.17, 15) is 29.8 Å². The van der Waals surface area contributed by atoms with E-state index in [0.717, 1.165) is 15.3 Å². The molecule has 114 valence electrons. The fraction of sp³-hybridized carbons (Fsp3) is 0.167. The van der Waals surface area contributed by atoms with Crippen LogP contribution in [0.5, 0.6) is 0 Å². The second kappa shape index (κ2) is 5.60. The van der Waals surface area contributed by atoms with E-state index in [2.05, 4.69) is 0 Å². The minimum absolute atomic E-state index is 0.448. The first kappa shape index (κ1) is 15.1. The molecule has 0 bridgehead atoms. The molecule has 0 aliphatic carbocycles. The highest BCUT2D eigenvalue weighted by atomic mass is 16.6. The molecule has 0 spiro atoms. The maximum atomic E-state index is 12.1. The third kappa shape index (κ3) is 2.61. The molecule has 0 fully saturated rings. The van der Waals surface area contributed by atoms with Crippen LogP contribution in [0.1, 0.15) is 13.1 Å². The highest BCUT2D eigenvalue weighted by Crippen LogP contribution is 2.18. The normalized spacial score (nSPS) is 11.9. The van der Waals surface area contributed by atoms with Crippen LogP contribution in [-0.4, -0.2) is 19.0 Å². The van der Waals surface area contributed by atoms with Gasteiger partial charge in [-0.15, -0.1) is 0 Å². The maximum Gasteiger partial charge on any atom is 0.341 e. The number of aromatic nitrogens is 2. The first-order valence-corrected chi connectivity index (χ1v) is 6.05. The predicted octanol–water partition coefficient (Wildman–Crippen LogP) is 0.893. The second-order valence-corrected chi connectivity index (χ2v) is 4.39. The molecule has 0 saturated carbocycles. The summed E-state index contributed by atoms with van der Waals surface area (Å²) < 4.78 is 1.92. The lowest BCUT2D eigenvalue weighted by atomic mass is 10.3. The van der Waals surface area contributed by atoms with Gasteiger partial charge in [-0.1, -0.05) is 6.07 Å². The molecule has 10 nitrogen and oxygen atoms in total. The molecule has 1 atom stereocenters. The van der Waals surface area contributed by atoms with Gasteiger partial charge >= 0.3 is 11.2 Å². The number of pyridine rings is 2. The van der Waals surface area contributed by atoms with Crippen LogP contribution in [0, 0.1) is 20.2 Å².